The second kappa shape index (κ2) is 12.8. The van der Waals surface area contributed by atoms with Crippen LogP contribution in [-0.4, -0.2) is 39.3 Å². The molecule has 172 valence electrons. The summed E-state index contributed by atoms with van der Waals surface area (Å²) in [6.07, 6.45) is 7.56. The van der Waals surface area contributed by atoms with Crippen LogP contribution in [0, 0.1) is 23.7 Å². The van der Waals surface area contributed by atoms with E-state index >= 15 is 0 Å². The van der Waals surface area contributed by atoms with Gasteiger partial charge in [0.2, 0.25) is 0 Å². The first-order valence-electron chi connectivity index (χ1n) is 11.6. The smallest absolute Gasteiger partial charge is 0.306 e. The number of hydrogen-bond donors (Lipinski definition) is 3. The van der Waals surface area contributed by atoms with Crippen LogP contribution in [0.2, 0.25) is 0 Å². The van der Waals surface area contributed by atoms with E-state index in [2.05, 4.69) is 0 Å². The summed E-state index contributed by atoms with van der Waals surface area (Å²) in [5, 5.41) is 30.0. The van der Waals surface area contributed by atoms with Crippen LogP contribution in [-0.2, 0) is 16.0 Å². The van der Waals surface area contributed by atoms with Crippen LogP contribution in [0.5, 0.6) is 0 Å². The number of carboxylic acids is 1. The molecule has 0 spiro atoms. The normalized spacial score (nSPS) is 23.5. The van der Waals surface area contributed by atoms with Crippen molar-refractivity contribution in [1.82, 2.24) is 0 Å². The van der Waals surface area contributed by atoms with Gasteiger partial charge in [-0.05, 0) is 62.3 Å². The minimum absolute atomic E-state index is 0.0897. The van der Waals surface area contributed by atoms with E-state index in [1.165, 1.54) is 5.56 Å². The number of rotatable bonds is 13. The van der Waals surface area contributed by atoms with Gasteiger partial charge in [-0.2, -0.15) is 0 Å². The average molecular weight is 431 g/mol. The van der Waals surface area contributed by atoms with Crippen LogP contribution in [0.25, 0.3) is 0 Å². The van der Waals surface area contributed by atoms with Gasteiger partial charge in [0.15, 0.2) is 0 Å². The molecule has 0 radical (unpaired) electrons. The van der Waals surface area contributed by atoms with E-state index in [9.17, 15) is 24.9 Å². The molecule has 5 nitrogen and oxygen atoms in total. The predicted molar refractivity (Wildman–Crippen MR) is 122 cm³/mol. The Morgan fingerprint density at radius 2 is 1.84 bits per heavy atom. The molecule has 1 aliphatic carbocycles. The van der Waals surface area contributed by atoms with Gasteiger partial charge >= 0.3 is 5.97 Å². The van der Waals surface area contributed by atoms with Crippen molar-refractivity contribution in [1.29, 1.82) is 0 Å². The molecule has 0 aliphatic heterocycles. The highest BCUT2D eigenvalue weighted by atomic mass is 16.4. The highest BCUT2D eigenvalue weighted by molar-refractivity contribution is 5.84. The SMILES string of the molecule is CC(C)C(CCC=CC[C@H]1[C@H](O)CC(=O)[C@@H]1CC[C@@H](O)CCc1ccccc1)C(=O)O. The average Bonchev–Trinajstić information content (AvgIpc) is 2.99. The van der Waals surface area contributed by atoms with E-state index in [0.29, 0.717) is 38.5 Å². The zero-order valence-corrected chi connectivity index (χ0v) is 18.8. The Kier molecular flexibility index (Phi) is 10.4. The fourth-order valence-corrected chi connectivity index (χ4v) is 4.60. The number of aryl methyl sites for hydroxylation is 1. The molecule has 0 saturated heterocycles. The van der Waals surface area contributed by atoms with E-state index in [1.807, 2.05) is 56.3 Å². The first-order chi connectivity index (χ1) is 14.8. The fraction of sp³-hybridized carbons (Fsp3) is 0.615. The summed E-state index contributed by atoms with van der Waals surface area (Å²) in [7, 11) is 0. The first kappa shape index (κ1) is 25.3. The monoisotopic (exact) mass is 430 g/mol. The number of carboxylic acid groups (broad SMARTS) is 1. The topological polar surface area (TPSA) is 94.8 Å². The van der Waals surface area contributed by atoms with Crippen molar-refractivity contribution < 1.29 is 24.9 Å². The van der Waals surface area contributed by atoms with Gasteiger partial charge in [-0.25, -0.2) is 0 Å². The second-order valence-corrected chi connectivity index (χ2v) is 9.24. The van der Waals surface area contributed by atoms with Crippen molar-refractivity contribution in [3.63, 3.8) is 0 Å². The maximum Gasteiger partial charge on any atom is 0.306 e. The van der Waals surface area contributed by atoms with Crippen LogP contribution in [0.15, 0.2) is 42.5 Å². The van der Waals surface area contributed by atoms with Crippen LogP contribution in [0.3, 0.4) is 0 Å². The van der Waals surface area contributed by atoms with E-state index in [0.717, 1.165) is 6.42 Å². The van der Waals surface area contributed by atoms with Gasteiger partial charge in [0.1, 0.15) is 5.78 Å². The molecule has 1 unspecified atom stereocenters. The molecule has 1 saturated carbocycles. The predicted octanol–water partition coefficient (Wildman–Crippen LogP) is 4.41. The van der Waals surface area contributed by atoms with Gasteiger partial charge in [0, 0.05) is 12.3 Å². The molecule has 0 amide bonds. The van der Waals surface area contributed by atoms with Crippen molar-refractivity contribution in [3.05, 3.63) is 48.0 Å². The number of Topliss-reactive ketones (excluding diaryl/α,β-unsaturated/α-hetero) is 1. The Bertz CT molecular complexity index is 712. The molecule has 3 N–H and O–H groups in total. The number of carbonyl (C=O) groups is 2. The fourth-order valence-electron chi connectivity index (χ4n) is 4.60. The molecule has 2 rings (SSSR count). The number of aliphatic hydroxyl groups excluding tert-OH is 2. The molecule has 1 aliphatic rings. The number of aliphatic carboxylic acids is 1. The Balaban J connectivity index is 1.78. The minimum Gasteiger partial charge on any atom is -0.481 e. The molecule has 1 aromatic rings. The van der Waals surface area contributed by atoms with Crippen molar-refractivity contribution in [2.75, 3.05) is 0 Å². The van der Waals surface area contributed by atoms with Gasteiger partial charge in [-0.15, -0.1) is 0 Å². The Hall–Kier alpha value is -1.98. The van der Waals surface area contributed by atoms with Crippen molar-refractivity contribution in [2.45, 2.75) is 77.4 Å². The van der Waals surface area contributed by atoms with Crippen LogP contribution < -0.4 is 0 Å². The lowest BCUT2D eigenvalue weighted by Crippen LogP contribution is -2.22. The van der Waals surface area contributed by atoms with E-state index in [1.54, 1.807) is 0 Å². The van der Waals surface area contributed by atoms with Crippen LogP contribution in [0.4, 0.5) is 0 Å². The van der Waals surface area contributed by atoms with Gasteiger partial charge in [-0.3, -0.25) is 9.59 Å². The van der Waals surface area contributed by atoms with Crippen molar-refractivity contribution >= 4 is 11.8 Å². The third kappa shape index (κ3) is 8.23. The third-order valence-electron chi connectivity index (χ3n) is 6.60. The molecule has 5 atom stereocenters. The standard InChI is InChI=1S/C26H38O5/c1-18(2)21(26(30)31)11-7-4-8-12-22-23(25(29)17-24(22)28)16-15-20(27)14-13-19-9-5-3-6-10-19/h3-6,8-10,18,20-24,27-28H,7,11-17H2,1-2H3,(H,30,31)/t20-,21?,22+,23+,24+/m0/s1. The van der Waals surface area contributed by atoms with E-state index in [-0.39, 0.29) is 35.9 Å². The zero-order valence-electron chi connectivity index (χ0n) is 18.8. The van der Waals surface area contributed by atoms with Crippen molar-refractivity contribution in [2.24, 2.45) is 23.7 Å². The molecule has 1 fully saturated rings. The molecule has 0 aromatic heterocycles. The van der Waals surface area contributed by atoms with Crippen molar-refractivity contribution in [3.8, 4) is 0 Å². The highest BCUT2D eigenvalue weighted by Gasteiger charge is 2.40. The quantitative estimate of drug-likeness (QED) is 0.403. The number of carbonyl (C=O) groups excluding carboxylic acids is 1. The summed E-state index contributed by atoms with van der Waals surface area (Å²) in [6.45, 7) is 3.84. The van der Waals surface area contributed by atoms with Gasteiger partial charge < -0.3 is 15.3 Å². The molecule has 0 bridgehead atoms. The second-order valence-electron chi connectivity index (χ2n) is 9.24. The number of ketones is 1. The summed E-state index contributed by atoms with van der Waals surface area (Å²) in [5.41, 5.74) is 1.19. The minimum atomic E-state index is -0.758. The lowest BCUT2D eigenvalue weighted by atomic mass is 9.86. The van der Waals surface area contributed by atoms with E-state index in [4.69, 9.17) is 0 Å². The number of benzene rings is 1. The molecule has 0 heterocycles. The Labute approximate surface area is 186 Å². The van der Waals surface area contributed by atoms with Crippen LogP contribution >= 0.6 is 0 Å². The lowest BCUT2D eigenvalue weighted by molar-refractivity contribution is -0.143. The lowest BCUT2D eigenvalue weighted by Gasteiger charge is -2.21. The Morgan fingerprint density at radius 1 is 1.13 bits per heavy atom. The summed E-state index contributed by atoms with van der Waals surface area (Å²) < 4.78 is 0. The van der Waals surface area contributed by atoms with Crippen LogP contribution in [0.1, 0.15) is 64.4 Å². The first-order valence-corrected chi connectivity index (χ1v) is 11.6. The van der Waals surface area contributed by atoms with Gasteiger partial charge in [0.05, 0.1) is 18.1 Å². The number of hydrogen-bond acceptors (Lipinski definition) is 4. The maximum atomic E-state index is 12.4. The summed E-state index contributed by atoms with van der Waals surface area (Å²) in [5.74, 6) is -1.26. The zero-order chi connectivity index (χ0) is 22.8. The number of allylic oxidation sites excluding steroid dienone is 2. The van der Waals surface area contributed by atoms with Gasteiger partial charge in [-0.1, -0.05) is 56.3 Å². The molecular formula is C26H38O5. The summed E-state index contributed by atoms with van der Waals surface area (Å²) >= 11 is 0. The molecule has 31 heavy (non-hydrogen) atoms. The largest absolute Gasteiger partial charge is 0.481 e. The molecular weight excluding hydrogens is 392 g/mol. The van der Waals surface area contributed by atoms with Gasteiger partial charge in [0.25, 0.3) is 0 Å². The summed E-state index contributed by atoms with van der Waals surface area (Å²) in [6, 6.07) is 10.0. The maximum absolute atomic E-state index is 12.4. The Morgan fingerprint density at radius 3 is 2.48 bits per heavy atom. The third-order valence-corrected chi connectivity index (χ3v) is 6.60. The molecule has 5 heteroatoms. The number of aliphatic hydroxyl groups is 2. The molecule has 1 aromatic carbocycles. The highest BCUT2D eigenvalue weighted by Crippen LogP contribution is 2.36. The summed E-state index contributed by atoms with van der Waals surface area (Å²) in [4.78, 5) is 23.7. The van der Waals surface area contributed by atoms with E-state index < -0.39 is 18.2 Å².